The SMILES string of the molecule is COc1ncc(-c2ccc(NC(=O)[C@@H](NC(=O)c3ccnn3C)C(c3ccccc3)c3ccccc3)cc2F)c2cc[nH]c12. The van der Waals surface area contributed by atoms with Gasteiger partial charge in [-0.25, -0.2) is 9.37 Å². The van der Waals surface area contributed by atoms with Gasteiger partial charge in [0.25, 0.3) is 5.91 Å². The molecule has 1 atom stereocenters. The Bertz CT molecular complexity index is 1900. The number of ether oxygens (including phenoxy) is 1. The molecule has 9 nitrogen and oxygen atoms in total. The summed E-state index contributed by atoms with van der Waals surface area (Å²) in [6.45, 7) is 0. The van der Waals surface area contributed by atoms with Crippen molar-refractivity contribution in [3.63, 3.8) is 0 Å². The van der Waals surface area contributed by atoms with Crippen LogP contribution in [0, 0.1) is 5.82 Å². The van der Waals surface area contributed by atoms with Crippen LogP contribution in [0.15, 0.2) is 110 Å². The molecule has 0 bridgehead atoms. The zero-order valence-corrected chi connectivity index (χ0v) is 24.0. The second-order valence-electron chi connectivity index (χ2n) is 10.2. The Labute approximate surface area is 252 Å². The van der Waals surface area contributed by atoms with E-state index in [0.29, 0.717) is 28.2 Å². The minimum atomic E-state index is -1.06. The molecule has 3 N–H and O–H groups in total. The van der Waals surface area contributed by atoms with E-state index in [1.54, 1.807) is 37.6 Å². The second-order valence-corrected chi connectivity index (χ2v) is 10.2. The molecule has 0 spiro atoms. The number of halogens is 1. The molecular formula is C34H29FN6O3. The van der Waals surface area contributed by atoms with Gasteiger partial charge in [-0.05, 0) is 41.5 Å². The van der Waals surface area contributed by atoms with Crippen LogP contribution < -0.4 is 15.4 Å². The quantitative estimate of drug-likeness (QED) is 0.201. The minimum absolute atomic E-state index is 0.239. The average molecular weight is 589 g/mol. The summed E-state index contributed by atoms with van der Waals surface area (Å²) < 4.78 is 22.4. The van der Waals surface area contributed by atoms with Crippen molar-refractivity contribution in [1.82, 2.24) is 25.1 Å². The van der Waals surface area contributed by atoms with Crippen LogP contribution >= 0.6 is 0 Å². The molecule has 0 aliphatic heterocycles. The number of methoxy groups -OCH3 is 1. The summed E-state index contributed by atoms with van der Waals surface area (Å²) in [6, 6.07) is 25.8. The lowest BCUT2D eigenvalue weighted by molar-refractivity contribution is -0.118. The first-order valence-corrected chi connectivity index (χ1v) is 13.9. The fourth-order valence-electron chi connectivity index (χ4n) is 5.44. The number of hydrogen-bond acceptors (Lipinski definition) is 5. The fourth-order valence-corrected chi connectivity index (χ4v) is 5.44. The molecule has 220 valence electrons. The van der Waals surface area contributed by atoms with E-state index in [9.17, 15) is 9.59 Å². The number of aryl methyl sites for hydroxylation is 1. The van der Waals surface area contributed by atoms with Crippen LogP contribution in [0.3, 0.4) is 0 Å². The van der Waals surface area contributed by atoms with Crippen molar-refractivity contribution >= 4 is 28.4 Å². The number of fused-ring (bicyclic) bond motifs is 1. The standard InChI is InChI=1S/C34H29FN6O3/c1-41-28(16-18-38-41)32(42)40-31(29(21-9-5-3-6-10-21)22-11-7-4-8-12-22)33(43)39-23-13-14-24(27(35)19-23)26-20-37-34(44-2)30-25(26)15-17-36-30/h3-20,29,31,36H,1-2H3,(H,39,43)(H,40,42)/t31-/m0/s1. The highest BCUT2D eigenvalue weighted by molar-refractivity contribution is 6.02. The van der Waals surface area contributed by atoms with E-state index in [-0.39, 0.29) is 5.69 Å². The summed E-state index contributed by atoms with van der Waals surface area (Å²) in [4.78, 5) is 34.9. The Morgan fingerprint density at radius 1 is 0.932 bits per heavy atom. The molecule has 0 aliphatic rings. The first-order valence-electron chi connectivity index (χ1n) is 13.9. The van der Waals surface area contributed by atoms with Gasteiger partial charge in [0.2, 0.25) is 11.8 Å². The van der Waals surface area contributed by atoms with E-state index < -0.39 is 29.6 Å². The van der Waals surface area contributed by atoms with Crippen LogP contribution in [0.4, 0.5) is 10.1 Å². The second kappa shape index (κ2) is 12.2. The Morgan fingerprint density at radius 2 is 1.64 bits per heavy atom. The molecule has 3 aromatic carbocycles. The predicted octanol–water partition coefficient (Wildman–Crippen LogP) is 5.68. The number of rotatable bonds is 9. The summed E-state index contributed by atoms with van der Waals surface area (Å²) in [5.74, 6) is -1.67. The summed E-state index contributed by atoms with van der Waals surface area (Å²) >= 11 is 0. The zero-order chi connectivity index (χ0) is 30.6. The number of carbonyl (C=O) groups is 2. The number of nitrogens with zero attached hydrogens (tertiary/aromatic N) is 3. The van der Waals surface area contributed by atoms with Gasteiger partial charge in [-0.2, -0.15) is 5.10 Å². The Hall–Kier alpha value is -5.77. The molecule has 0 saturated carbocycles. The zero-order valence-electron chi connectivity index (χ0n) is 24.0. The van der Waals surface area contributed by atoms with Gasteiger partial charge >= 0.3 is 0 Å². The number of amides is 2. The molecule has 3 heterocycles. The molecular weight excluding hydrogens is 559 g/mol. The van der Waals surface area contributed by atoms with Gasteiger partial charge in [0.1, 0.15) is 23.1 Å². The molecule has 2 amide bonds. The lowest BCUT2D eigenvalue weighted by Crippen LogP contribution is -2.48. The number of hydrogen-bond donors (Lipinski definition) is 3. The van der Waals surface area contributed by atoms with E-state index in [1.807, 2.05) is 66.7 Å². The molecule has 0 unspecified atom stereocenters. The third-order valence-electron chi connectivity index (χ3n) is 7.56. The van der Waals surface area contributed by atoms with Crippen LogP contribution in [0.2, 0.25) is 0 Å². The summed E-state index contributed by atoms with van der Waals surface area (Å²) in [6.07, 6.45) is 4.81. The monoisotopic (exact) mass is 588 g/mol. The maximum absolute atomic E-state index is 15.6. The summed E-state index contributed by atoms with van der Waals surface area (Å²) in [5.41, 5.74) is 3.73. The van der Waals surface area contributed by atoms with Crippen LogP contribution in [-0.4, -0.2) is 44.7 Å². The smallest absolute Gasteiger partial charge is 0.270 e. The van der Waals surface area contributed by atoms with Gasteiger partial charge in [0, 0.05) is 53.8 Å². The van der Waals surface area contributed by atoms with Gasteiger partial charge in [0.05, 0.1) is 7.11 Å². The van der Waals surface area contributed by atoms with Crippen LogP contribution in [-0.2, 0) is 11.8 Å². The number of nitrogens with one attached hydrogen (secondary N) is 3. The van der Waals surface area contributed by atoms with Crippen molar-refractivity contribution in [2.24, 2.45) is 7.05 Å². The Kier molecular flexibility index (Phi) is 7.88. The maximum Gasteiger partial charge on any atom is 0.270 e. The molecule has 6 aromatic rings. The van der Waals surface area contributed by atoms with Crippen LogP contribution in [0.25, 0.3) is 22.0 Å². The van der Waals surface area contributed by atoms with E-state index >= 15 is 4.39 Å². The first kappa shape index (κ1) is 28.4. The van der Waals surface area contributed by atoms with E-state index in [0.717, 1.165) is 16.5 Å². The summed E-state index contributed by atoms with van der Waals surface area (Å²) in [7, 11) is 3.17. The normalized spacial score (nSPS) is 11.8. The van der Waals surface area contributed by atoms with Crippen LogP contribution in [0.1, 0.15) is 27.5 Å². The average Bonchev–Trinajstić information content (AvgIpc) is 3.71. The van der Waals surface area contributed by atoms with E-state index in [2.05, 4.69) is 25.7 Å². The lowest BCUT2D eigenvalue weighted by atomic mass is 9.84. The molecule has 0 fully saturated rings. The Balaban J connectivity index is 1.35. The third kappa shape index (κ3) is 5.52. The number of H-pyrrole nitrogens is 1. The molecule has 44 heavy (non-hydrogen) atoms. The van der Waals surface area contributed by atoms with E-state index in [1.165, 1.54) is 24.1 Å². The number of benzene rings is 3. The third-order valence-corrected chi connectivity index (χ3v) is 7.56. The van der Waals surface area contributed by atoms with Crippen molar-refractivity contribution < 1.29 is 18.7 Å². The number of carbonyl (C=O) groups excluding carboxylic acids is 2. The minimum Gasteiger partial charge on any atom is -0.479 e. The van der Waals surface area contributed by atoms with Gasteiger partial charge in [-0.15, -0.1) is 0 Å². The number of aromatic nitrogens is 4. The first-order chi connectivity index (χ1) is 21.4. The van der Waals surface area contributed by atoms with Gasteiger partial charge in [-0.1, -0.05) is 60.7 Å². The lowest BCUT2D eigenvalue weighted by Gasteiger charge is -2.28. The highest BCUT2D eigenvalue weighted by atomic mass is 19.1. The molecule has 10 heteroatoms. The molecule has 6 rings (SSSR count). The van der Waals surface area contributed by atoms with E-state index in [4.69, 9.17) is 4.74 Å². The van der Waals surface area contributed by atoms with Crippen molar-refractivity contribution in [2.75, 3.05) is 12.4 Å². The number of aromatic amines is 1. The predicted molar refractivity (Wildman–Crippen MR) is 166 cm³/mol. The molecule has 0 saturated heterocycles. The topological polar surface area (TPSA) is 114 Å². The maximum atomic E-state index is 15.6. The molecule has 3 aromatic heterocycles. The summed E-state index contributed by atoms with van der Waals surface area (Å²) in [5, 5.41) is 10.6. The molecule has 0 aliphatic carbocycles. The number of pyridine rings is 1. The molecule has 0 radical (unpaired) electrons. The number of anilines is 1. The van der Waals surface area contributed by atoms with Gasteiger partial charge in [-0.3, -0.25) is 14.3 Å². The van der Waals surface area contributed by atoms with Crippen LogP contribution in [0.5, 0.6) is 5.88 Å². The van der Waals surface area contributed by atoms with Gasteiger partial charge < -0.3 is 20.4 Å². The largest absolute Gasteiger partial charge is 0.479 e. The van der Waals surface area contributed by atoms with Crippen molar-refractivity contribution in [3.05, 3.63) is 132 Å². The van der Waals surface area contributed by atoms with Crippen molar-refractivity contribution in [3.8, 4) is 17.0 Å². The highest BCUT2D eigenvalue weighted by Crippen LogP contribution is 2.34. The fraction of sp³-hybridized carbons (Fsp3) is 0.118. The highest BCUT2D eigenvalue weighted by Gasteiger charge is 2.33. The van der Waals surface area contributed by atoms with Crippen molar-refractivity contribution in [1.29, 1.82) is 0 Å². The van der Waals surface area contributed by atoms with Crippen molar-refractivity contribution in [2.45, 2.75) is 12.0 Å². The van der Waals surface area contributed by atoms with Gasteiger partial charge in [0.15, 0.2) is 0 Å². The Morgan fingerprint density at radius 3 is 2.25 bits per heavy atom.